The fraction of sp³-hybridized carbons (Fsp3) is 0.333. The van der Waals surface area contributed by atoms with Crippen LogP contribution in [0.1, 0.15) is 36.0 Å². The molecule has 0 bridgehead atoms. The second kappa shape index (κ2) is 7.42. The van der Waals surface area contributed by atoms with Crippen molar-refractivity contribution in [1.82, 2.24) is 29.7 Å². The second-order valence-electron chi connectivity index (χ2n) is 7.69. The second-order valence-corrected chi connectivity index (χ2v) is 7.69. The number of carbonyl (C=O) groups excluding carboxylic acids is 1. The van der Waals surface area contributed by atoms with Crippen LogP contribution >= 0.6 is 0 Å². The minimum absolute atomic E-state index is 0.139. The van der Waals surface area contributed by atoms with Gasteiger partial charge in [0.05, 0.1) is 24.4 Å². The number of nitrogens with two attached hydrogens (primary N) is 1. The lowest BCUT2D eigenvalue weighted by molar-refractivity contribution is 0.0923. The van der Waals surface area contributed by atoms with Crippen molar-refractivity contribution in [3.63, 3.8) is 0 Å². The number of amides is 1. The Morgan fingerprint density at radius 3 is 2.90 bits per heavy atom. The topological polar surface area (TPSA) is 112 Å². The molecule has 0 aliphatic heterocycles. The molecule has 4 aromatic rings. The Kier molecular flexibility index (Phi) is 4.59. The zero-order valence-corrected chi connectivity index (χ0v) is 16.7. The molecule has 3 N–H and O–H groups in total. The summed E-state index contributed by atoms with van der Waals surface area (Å²) in [4.78, 5) is 17.3. The summed E-state index contributed by atoms with van der Waals surface area (Å²) in [5.74, 6) is 0.357. The average Bonchev–Trinajstić information content (AvgIpc) is 3.37. The lowest BCUT2D eigenvalue weighted by Gasteiger charge is -2.27. The van der Waals surface area contributed by atoms with Gasteiger partial charge in [-0.1, -0.05) is 0 Å². The number of nitrogens with one attached hydrogen (secondary N) is 1. The largest absolute Gasteiger partial charge is 0.496 e. The number of fused-ring (bicyclic) bond motifs is 2. The van der Waals surface area contributed by atoms with Crippen LogP contribution in [0.15, 0.2) is 43.0 Å². The summed E-state index contributed by atoms with van der Waals surface area (Å²) in [7, 11) is 1.56. The first-order chi connectivity index (χ1) is 14.6. The van der Waals surface area contributed by atoms with E-state index >= 15 is 0 Å². The van der Waals surface area contributed by atoms with E-state index in [9.17, 15) is 4.79 Å². The Bertz CT molecular complexity index is 1220. The Morgan fingerprint density at radius 2 is 2.10 bits per heavy atom. The molecular formula is C21H23N7O2. The van der Waals surface area contributed by atoms with Crippen LogP contribution in [0.4, 0.5) is 0 Å². The first kappa shape index (κ1) is 18.6. The zero-order valence-electron chi connectivity index (χ0n) is 16.7. The molecule has 9 heteroatoms. The summed E-state index contributed by atoms with van der Waals surface area (Å²) >= 11 is 0. The minimum atomic E-state index is -0.139. The van der Waals surface area contributed by atoms with Crippen LogP contribution in [0.5, 0.6) is 5.75 Å². The van der Waals surface area contributed by atoms with Crippen LogP contribution in [0.3, 0.4) is 0 Å². The number of aromatic nitrogens is 5. The van der Waals surface area contributed by atoms with Crippen LogP contribution in [0.25, 0.3) is 22.2 Å². The molecule has 3 heterocycles. The van der Waals surface area contributed by atoms with Gasteiger partial charge < -0.3 is 15.8 Å². The van der Waals surface area contributed by atoms with Gasteiger partial charge >= 0.3 is 0 Å². The van der Waals surface area contributed by atoms with Gasteiger partial charge in [0.15, 0.2) is 5.65 Å². The molecular weight excluding hydrogens is 382 g/mol. The van der Waals surface area contributed by atoms with Crippen LogP contribution in [0, 0.1) is 0 Å². The minimum Gasteiger partial charge on any atom is -0.496 e. The highest BCUT2D eigenvalue weighted by Crippen LogP contribution is 2.27. The molecule has 154 valence electrons. The van der Waals surface area contributed by atoms with Gasteiger partial charge in [-0.05, 0) is 37.8 Å². The summed E-state index contributed by atoms with van der Waals surface area (Å²) in [6.45, 7) is 0. The highest BCUT2D eigenvalue weighted by molar-refractivity contribution is 6.01. The molecule has 1 aromatic carbocycles. The normalized spacial score (nSPS) is 19.3. The summed E-state index contributed by atoms with van der Waals surface area (Å²) in [5, 5.41) is 12.9. The van der Waals surface area contributed by atoms with Crippen molar-refractivity contribution in [1.29, 1.82) is 0 Å². The fourth-order valence-electron chi connectivity index (χ4n) is 4.03. The van der Waals surface area contributed by atoms with Crippen molar-refractivity contribution in [2.45, 2.75) is 37.8 Å². The summed E-state index contributed by atoms with van der Waals surface area (Å²) < 4.78 is 8.91. The first-order valence-electron chi connectivity index (χ1n) is 10.0. The fourth-order valence-corrected chi connectivity index (χ4v) is 4.03. The van der Waals surface area contributed by atoms with Gasteiger partial charge in [-0.25, -0.2) is 14.2 Å². The lowest BCUT2D eigenvalue weighted by atomic mass is 9.91. The van der Waals surface area contributed by atoms with Gasteiger partial charge in [0, 0.05) is 42.1 Å². The predicted molar refractivity (Wildman–Crippen MR) is 112 cm³/mol. The molecule has 0 spiro atoms. The van der Waals surface area contributed by atoms with E-state index < -0.39 is 0 Å². The third kappa shape index (κ3) is 3.26. The van der Waals surface area contributed by atoms with Crippen LogP contribution in [0.2, 0.25) is 0 Å². The maximum absolute atomic E-state index is 13.0. The number of hydrogen-bond donors (Lipinski definition) is 2. The summed E-state index contributed by atoms with van der Waals surface area (Å²) in [5.41, 5.74) is 8.65. The maximum atomic E-state index is 13.0. The predicted octanol–water partition coefficient (Wildman–Crippen LogP) is 2.08. The van der Waals surface area contributed by atoms with E-state index in [1.807, 2.05) is 24.5 Å². The third-order valence-corrected chi connectivity index (χ3v) is 5.68. The van der Waals surface area contributed by atoms with Crippen LogP contribution in [-0.4, -0.2) is 49.5 Å². The smallest absolute Gasteiger partial charge is 0.255 e. The van der Waals surface area contributed by atoms with Crippen molar-refractivity contribution >= 4 is 22.5 Å². The van der Waals surface area contributed by atoms with Gasteiger partial charge in [0.25, 0.3) is 5.91 Å². The van der Waals surface area contributed by atoms with Gasteiger partial charge in [0.1, 0.15) is 11.4 Å². The van der Waals surface area contributed by atoms with Crippen molar-refractivity contribution in [3.05, 3.63) is 48.5 Å². The Balaban J connectivity index is 1.48. The van der Waals surface area contributed by atoms with E-state index in [1.165, 1.54) is 0 Å². The average molecular weight is 405 g/mol. The van der Waals surface area contributed by atoms with Crippen molar-refractivity contribution < 1.29 is 9.53 Å². The molecule has 0 radical (unpaired) electrons. The van der Waals surface area contributed by atoms with Crippen LogP contribution < -0.4 is 15.8 Å². The van der Waals surface area contributed by atoms with Crippen molar-refractivity contribution in [2.75, 3.05) is 7.11 Å². The third-order valence-electron chi connectivity index (χ3n) is 5.68. The van der Waals surface area contributed by atoms with Gasteiger partial charge in [-0.3, -0.25) is 4.79 Å². The number of ether oxygens (including phenoxy) is 1. The molecule has 1 aliphatic rings. The Morgan fingerprint density at radius 1 is 1.27 bits per heavy atom. The monoisotopic (exact) mass is 405 g/mol. The number of rotatable bonds is 4. The van der Waals surface area contributed by atoms with Gasteiger partial charge in [0.2, 0.25) is 0 Å². The Hall–Kier alpha value is -3.46. The summed E-state index contributed by atoms with van der Waals surface area (Å²) in [6.07, 6.45) is 10.8. The van der Waals surface area contributed by atoms with E-state index in [2.05, 4.69) is 20.5 Å². The zero-order chi connectivity index (χ0) is 20.7. The van der Waals surface area contributed by atoms with E-state index in [0.717, 1.165) is 42.3 Å². The molecule has 1 saturated carbocycles. The van der Waals surface area contributed by atoms with E-state index in [-0.39, 0.29) is 18.0 Å². The molecule has 5 rings (SSSR count). The maximum Gasteiger partial charge on any atom is 0.255 e. The van der Waals surface area contributed by atoms with E-state index in [1.54, 1.807) is 34.8 Å². The molecule has 0 unspecified atom stereocenters. The number of hydrogen-bond acceptors (Lipinski definition) is 6. The quantitative estimate of drug-likeness (QED) is 0.538. The highest BCUT2D eigenvalue weighted by atomic mass is 16.5. The van der Waals surface area contributed by atoms with E-state index in [0.29, 0.717) is 17.0 Å². The SMILES string of the molecule is COc1cc2nn(-c3cnn4cccnc34)cc2cc1C(=O)NC1CCC(N)CC1. The van der Waals surface area contributed by atoms with Crippen molar-refractivity contribution in [2.24, 2.45) is 5.73 Å². The summed E-state index contributed by atoms with van der Waals surface area (Å²) in [6, 6.07) is 5.81. The lowest BCUT2D eigenvalue weighted by Crippen LogP contribution is -2.40. The number of benzene rings is 1. The number of nitrogens with zero attached hydrogens (tertiary/aromatic N) is 5. The molecule has 0 atom stereocenters. The first-order valence-corrected chi connectivity index (χ1v) is 10.0. The molecule has 30 heavy (non-hydrogen) atoms. The molecule has 3 aromatic heterocycles. The van der Waals surface area contributed by atoms with Crippen LogP contribution in [-0.2, 0) is 0 Å². The number of methoxy groups -OCH3 is 1. The Labute approximate surface area is 172 Å². The van der Waals surface area contributed by atoms with Crippen molar-refractivity contribution in [3.8, 4) is 11.4 Å². The van der Waals surface area contributed by atoms with Gasteiger partial charge in [-0.15, -0.1) is 0 Å². The molecule has 9 nitrogen and oxygen atoms in total. The molecule has 0 saturated heterocycles. The highest BCUT2D eigenvalue weighted by Gasteiger charge is 2.23. The standard InChI is InChI=1S/C21H23N7O2/c1-30-19-10-17-13(9-16(19)21(29)25-15-5-3-14(22)4-6-15)12-28(26-17)18-11-24-27-8-2-7-23-20(18)27/h2,7-12,14-15H,3-6,22H2,1H3,(H,25,29). The molecule has 1 aliphatic carbocycles. The molecule has 1 fully saturated rings. The number of carbonyl (C=O) groups is 1. The van der Waals surface area contributed by atoms with E-state index in [4.69, 9.17) is 10.5 Å². The molecule has 1 amide bonds. The van der Waals surface area contributed by atoms with Gasteiger partial charge in [-0.2, -0.15) is 10.2 Å².